The van der Waals surface area contributed by atoms with Crippen LogP contribution in [0.25, 0.3) is 0 Å². The number of aromatic carboxylic acids is 1. The lowest BCUT2D eigenvalue weighted by Crippen LogP contribution is -2.11. The number of nitrogens with two attached hydrogens (primary N) is 1. The van der Waals surface area contributed by atoms with Crippen molar-refractivity contribution in [3.05, 3.63) is 54.1 Å². The normalized spacial score (nSPS) is 10.1. The summed E-state index contributed by atoms with van der Waals surface area (Å²) in [4.78, 5) is 11.1. The average Bonchev–Trinajstić information content (AvgIpc) is 2.49. The van der Waals surface area contributed by atoms with E-state index in [1.807, 2.05) is 30.3 Å². The highest BCUT2D eigenvalue weighted by atomic mass is 16.5. The van der Waals surface area contributed by atoms with Crippen LogP contribution in [-0.2, 0) is 0 Å². The van der Waals surface area contributed by atoms with Crippen LogP contribution in [0.1, 0.15) is 16.8 Å². The summed E-state index contributed by atoms with van der Waals surface area (Å²) in [6.07, 6.45) is 0.762. The minimum atomic E-state index is -0.995. The van der Waals surface area contributed by atoms with Gasteiger partial charge in [-0.05, 0) is 36.8 Å². The number of nitrogen functional groups attached to an aromatic ring is 1. The molecule has 0 aliphatic rings. The summed E-state index contributed by atoms with van der Waals surface area (Å²) in [5.41, 5.74) is 6.78. The molecule has 0 aliphatic carbocycles. The third-order valence-electron chi connectivity index (χ3n) is 2.92. The second kappa shape index (κ2) is 7.19. The summed E-state index contributed by atoms with van der Waals surface area (Å²) in [6.45, 7) is 1.19. The summed E-state index contributed by atoms with van der Waals surface area (Å²) in [7, 11) is 0. The molecule has 0 amide bonds. The van der Waals surface area contributed by atoms with E-state index in [0.717, 1.165) is 12.2 Å². The van der Waals surface area contributed by atoms with Crippen molar-refractivity contribution in [1.82, 2.24) is 0 Å². The standard InChI is InChI=1S/C16H18N2O3/c17-12-7-8-15(14(11-12)16(19)20)18-9-4-10-21-13-5-2-1-3-6-13/h1-3,5-8,11,18H,4,9-10,17H2,(H,19,20). The van der Waals surface area contributed by atoms with E-state index in [2.05, 4.69) is 5.32 Å². The zero-order valence-corrected chi connectivity index (χ0v) is 11.6. The van der Waals surface area contributed by atoms with E-state index in [0.29, 0.717) is 24.5 Å². The number of rotatable bonds is 7. The summed E-state index contributed by atoms with van der Waals surface area (Å²) < 4.78 is 5.56. The lowest BCUT2D eigenvalue weighted by atomic mass is 10.1. The van der Waals surface area contributed by atoms with Gasteiger partial charge < -0.3 is 20.9 Å². The van der Waals surface area contributed by atoms with Gasteiger partial charge in [-0.15, -0.1) is 0 Å². The van der Waals surface area contributed by atoms with Gasteiger partial charge in [0.15, 0.2) is 0 Å². The molecule has 0 spiro atoms. The molecule has 0 aromatic heterocycles. The molecule has 21 heavy (non-hydrogen) atoms. The van der Waals surface area contributed by atoms with Crippen molar-refractivity contribution in [2.24, 2.45) is 0 Å². The van der Waals surface area contributed by atoms with Gasteiger partial charge >= 0.3 is 5.97 Å². The Bertz CT molecular complexity index is 600. The van der Waals surface area contributed by atoms with Gasteiger partial charge in [0.25, 0.3) is 0 Å². The largest absolute Gasteiger partial charge is 0.494 e. The first kappa shape index (κ1) is 14.7. The number of ether oxygens (including phenoxy) is 1. The van der Waals surface area contributed by atoms with Crippen LogP contribution in [0.3, 0.4) is 0 Å². The molecule has 2 rings (SSSR count). The fraction of sp³-hybridized carbons (Fsp3) is 0.188. The van der Waals surface area contributed by atoms with Gasteiger partial charge in [0.1, 0.15) is 5.75 Å². The molecular weight excluding hydrogens is 268 g/mol. The molecule has 0 atom stereocenters. The van der Waals surface area contributed by atoms with Crippen LogP contribution >= 0.6 is 0 Å². The molecule has 5 nitrogen and oxygen atoms in total. The Kier molecular flexibility index (Phi) is 5.04. The molecule has 0 bridgehead atoms. The first-order chi connectivity index (χ1) is 10.2. The molecule has 0 radical (unpaired) electrons. The summed E-state index contributed by atoms with van der Waals surface area (Å²) in [5.74, 6) is -0.165. The molecule has 0 fully saturated rings. The minimum Gasteiger partial charge on any atom is -0.494 e. The van der Waals surface area contributed by atoms with Crippen molar-refractivity contribution >= 4 is 17.3 Å². The number of carboxylic acids is 1. The van der Waals surface area contributed by atoms with Crippen LogP contribution < -0.4 is 15.8 Å². The maximum absolute atomic E-state index is 11.1. The van der Waals surface area contributed by atoms with Gasteiger partial charge in [-0.25, -0.2) is 4.79 Å². The molecule has 4 N–H and O–H groups in total. The molecule has 2 aromatic carbocycles. The van der Waals surface area contributed by atoms with Gasteiger partial charge in [-0.3, -0.25) is 0 Å². The smallest absolute Gasteiger partial charge is 0.337 e. The monoisotopic (exact) mass is 286 g/mol. The van der Waals surface area contributed by atoms with E-state index in [1.165, 1.54) is 6.07 Å². The molecule has 0 saturated carbocycles. The van der Waals surface area contributed by atoms with Crippen molar-refractivity contribution in [2.45, 2.75) is 6.42 Å². The molecule has 0 aliphatic heterocycles. The van der Waals surface area contributed by atoms with Gasteiger partial charge in [-0.2, -0.15) is 0 Å². The summed E-state index contributed by atoms with van der Waals surface area (Å²) in [5, 5.41) is 12.2. The third-order valence-corrected chi connectivity index (χ3v) is 2.92. The number of hydrogen-bond acceptors (Lipinski definition) is 4. The lowest BCUT2D eigenvalue weighted by molar-refractivity contribution is 0.0698. The number of anilines is 2. The van der Waals surface area contributed by atoms with E-state index in [4.69, 9.17) is 15.6 Å². The van der Waals surface area contributed by atoms with Gasteiger partial charge in [-0.1, -0.05) is 18.2 Å². The topological polar surface area (TPSA) is 84.6 Å². The molecule has 5 heteroatoms. The van der Waals surface area contributed by atoms with E-state index in [1.54, 1.807) is 12.1 Å². The Labute approximate surface area is 123 Å². The number of carboxylic acid groups (broad SMARTS) is 1. The van der Waals surface area contributed by atoms with E-state index in [-0.39, 0.29) is 5.56 Å². The highest BCUT2D eigenvalue weighted by Gasteiger charge is 2.09. The Balaban J connectivity index is 1.80. The molecule has 0 saturated heterocycles. The van der Waals surface area contributed by atoms with Crippen LogP contribution in [-0.4, -0.2) is 24.2 Å². The number of carbonyl (C=O) groups is 1. The molecule has 110 valence electrons. The van der Waals surface area contributed by atoms with Crippen molar-refractivity contribution in [3.8, 4) is 5.75 Å². The SMILES string of the molecule is Nc1ccc(NCCCOc2ccccc2)c(C(=O)O)c1. The second-order valence-electron chi connectivity index (χ2n) is 4.55. The van der Waals surface area contributed by atoms with Crippen LogP contribution in [0.15, 0.2) is 48.5 Å². The number of hydrogen-bond donors (Lipinski definition) is 3. The van der Waals surface area contributed by atoms with Crippen molar-refractivity contribution < 1.29 is 14.6 Å². The van der Waals surface area contributed by atoms with Crippen molar-refractivity contribution in [3.63, 3.8) is 0 Å². The quantitative estimate of drug-likeness (QED) is 0.538. The Morgan fingerprint density at radius 2 is 1.95 bits per heavy atom. The highest BCUT2D eigenvalue weighted by molar-refractivity contribution is 5.95. The summed E-state index contributed by atoms with van der Waals surface area (Å²) in [6, 6.07) is 14.4. The maximum Gasteiger partial charge on any atom is 0.337 e. The fourth-order valence-corrected chi connectivity index (χ4v) is 1.89. The first-order valence-electron chi connectivity index (χ1n) is 6.71. The molecule has 0 unspecified atom stereocenters. The molecule has 0 heterocycles. The average molecular weight is 286 g/mol. The zero-order chi connectivity index (χ0) is 15.1. The Morgan fingerprint density at radius 1 is 1.19 bits per heavy atom. The first-order valence-corrected chi connectivity index (χ1v) is 6.71. The summed E-state index contributed by atoms with van der Waals surface area (Å²) >= 11 is 0. The predicted octanol–water partition coefficient (Wildman–Crippen LogP) is 2.85. The number of benzene rings is 2. The second-order valence-corrected chi connectivity index (χ2v) is 4.55. The van der Waals surface area contributed by atoms with Crippen molar-refractivity contribution in [1.29, 1.82) is 0 Å². The van der Waals surface area contributed by atoms with Gasteiger partial charge in [0.2, 0.25) is 0 Å². The minimum absolute atomic E-state index is 0.180. The Morgan fingerprint density at radius 3 is 2.67 bits per heavy atom. The lowest BCUT2D eigenvalue weighted by Gasteiger charge is -2.11. The van der Waals surface area contributed by atoms with E-state index < -0.39 is 5.97 Å². The number of nitrogens with one attached hydrogen (secondary N) is 1. The predicted molar refractivity (Wildman–Crippen MR) is 82.9 cm³/mol. The maximum atomic E-state index is 11.1. The molecular formula is C16H18N2O3. The van der Waals surface area contributed by atoms with Gasteiger partial charge in [0, 0.05) is 17.9 Å². The highest BCUT2D eigenvalue weighted by Crippen LogP contribution is 2.19. The fourth-order valence-electron chi connectivity index (χ4n) is 1.89. The zero-order valence-electron chi connectivity index (χ0n) is 11.6. The van der Waals surface area contributed by atoms with E-state index >= 15 is 0 Å². The third kappa shape index (κ3) is 4.42. The van der Waals surface area contributed by atoms with Crippen LogP contribution in [0.5, 0.6) is 5.75 Å². The van der Waals surface area contributed by atoms with Crippen LogP contribution in [0, 0.1) is 0 Å². The van der Waals surface area contributed by atoms with Crippen LogP contribution in [0.2, 0.25) is 0 Å². The Hall–Kier alpha value is -2.69. The van der Waals surface area contributed by atoms with Gasteiger partial charge in [0.05, 0.1) is 12.2 Å². The molecule has 2 aromatic rings. The van der Waals surface area contributed by atoms with E-state index in [9.17, 15) is 4.79 Å². The van der Waals surface area contributed by atoms with Crippen LogP contribution in [0.4, 0.5) is 11.4 Å². The van der Waals surface area contributed by atoms with Crippen molar-refractivity contribution in [2.75, 3.05) is 24.2 Å². The number of para-hydroxylation sites is 1.